The molecule has 0 bridgehead atoms. The molecule has 2 rings (SSSR count). The largest absolute Gasteiger partial charge is 0.491 e. The maximum Gasteiger partial charge on any atom is 0.232 e. The van der Waals surface area contributed by atoms with E-state index in [2.05, 4.69) is 5.32 Å². The highest BCUT2D eigenvalue weighted by Crippen LogP contribution is 2.22. The number of hydrogen-bond donors (Lipinski definition) is 1. The van der Waals surface area contributed by atoms with Crippen molar-refractivity contribution in [2.45, 2.75) is 32.8 Å². The summed E-state index contributed by atoms with van der Waals surface area (Å²) < 4.78 is 31.1. The number of amides is 1. The van der Waals surface area contributed by atoms with Gasteiger partial charge in [0.2, 0.25) is 15.9 Å². The number of benzene rings is 2. The normalized spacial score (nSPS) is 11.3. The van der Waals surface area contributed by atoms with Gasteiger partial charge >= 0.3 is 0 Å². The number of nitrogens with one attached hydrogen (secondary N) is 1. The molecule has 1 amide bonds. The van der Waals surface area contributed by atoms with Crippen LogP contribution in [0, 0.1) is 0 Å². The minimum Gasteiger partial charge on any atom is -0.491 e. The first-order valence-corrected chi connectivity index (χ1v) is 11.2. The molecule has 0 heterocycles. The van der Waals surface area contributed by atoms with Crippen LogP contribution in [-0.2, 0) is 14.8 Å². The summed E-state index contributed by atoms with van der Waals surface area (Å²) in [6.07, 6.45) is 1.75. The van der Waals surface area contributed by atoms with Crippen LogP contribution in [0.3, 0.4) is 0 Å². The van der Waals surface area contributed by atoms with E-state index in [-0.39, 0.29) is 25.0 Å². The summed E-state index contributed by atoms with van der Waals surface area (Å²) in [5.41, 5.74) is 1.16. The van der Waals surface area contributed by atoms with Crippen LogP contribution in [-0.4, -0.2) is 33.2 Å². The Morgan fingerprint density at radius 3 is 2.46 bits per heavy atom. The molecule has 0 aliphatic rings. The highest BCUT2D eigenvalue weighted by Gasteiger charge is 2.17. The van der Waals surface area contributed by atoms with Gasteiger partial charge in [-0.1, -0.05) is 17.7 Å². The van der Waals surface area contributed by atoms with Gasteiger partial charge in [0.25, 0.3) is 0 Å². The van der Waals surface area contributed by atoms with E-state index in [0.29, 0.717) is 28.6 Å². The summed E-state index contributed by atoms with van der Waals surface area (Å²) in [6.45, 7) is 4.06. The van der Waals surface area contributed by atoms with Crippen molar-refractivity contribution in [3.63, 3.8) is 0 Å². The molecule has 8 heteroatoms. The molecular formula is C20H25ClN2O4S. The summed E-state index contributed by atoms with van der Waals surface area (Å²) in [5, 5.41) is 3.34. The first-order chi connectivity index (χ1) is 13.1. The third-order valence-corrected chi connectivity index (χ3v) is 5.22. The molecule has 6 nitrogen and oxygen atoms in total. The van der Waals surface area contributed by atoms with Gasteiger partial charge in [-0.3, -0.25) is 9.10 Å². The summed E-state index contributed by atoms with van der Waals surface area (Å²) in [5.74, 6) is 0.491. The van der Waals surface area contributed by atoms with Crippen molar-refractivity contribution >= 4 is 38.9 Å². The maximum absolute atomic E-state index is 12.2. The van der Waals surface area contributed by atoms with E-state index < -0.39 is 10.0 Å². The summed E-state index contributed by atoms with van der Waals surface area (Å²) in [7, 11) is -3.46. The molecule has 0 fully saturated rings. The minimum atomic E-state index is -3.46. The van der Waals surface area contributed by atoms with E-state index in [4.69, 9.17) is 16.3 Å². The number of rotatable bonds is 9. The second-order valence-corrected chi connectivity index (χ2v) is 9.00. The molecule has 152 valence electrons. The van der Waals surface area contributed by atoms with Crippen molar-refractivity contribution in [2.75, 3.05) is 22.4 Å². The van der Waals surface area contributed by atoms with Gasteiger partial charge in [-0.2, -0.15) is 0 Å². The zero-order valence-corrected chi connectivity index (χ0v) is 17.8. The van der Waals surface area contributed by atoms with E-state index in [9.17, 15) is 13.2 Å². The van der Waals surface area contributed by atoms with Gasteiger partial charge < -0.3 is 10.1 Å². The van der Waals surface area contributed by atoms with Crippen LogP contribution >= 0.6 is 11.6 Å². The number of anilines is 2. The molecule has 0 aliphatic heterocycles. The molecule has 28 heavy (non-hydrogen) atoms. The SMILES string of the molecule is CC(C)Oc1cccc(NC(=O)CCCN(c2ccc(Cl)cc2)S(C)(=O)=O)c1. The van der Waals surface area contributed by atoms with Crippen molar-refractivity contribution in [3.8, 4) is 5.75 Å². The Balaban J connectivity index is 1.93. The molecule has 0 saturated carbocycles. The fourth-order valence-corrected chi connectivity index (χ4v) is 3.71. The second-order valence-electron chi connectivity index (χ2n) is 6.66. The number of nitrogens with zero attached hydrogens (tertiary/aromatic N) is 1. The Hall–Kier alpha value is -2.25. The Morgan fingerprint density at radius 2 is 1.86 bits per heavy atom. The smallest absolute Gasteiger partial charge is 0.232 e. The fourth-order valence-electron chi connectivity index (χ4n) is 2.62. The third kappa shape index (κ3) is 7.05. The first kappa shape index (κ1) is 22.0. The van der Waals surface area contributed by atoms with E-state index in [1.54, 1.807) is 42.5 Å². The minimum absolute atomic E-state index is 0.0424. The van der Waals surface area contributed by atoms with Crippen molar-refractivity contribution in [1.82, 2.24) is 0 Å². The summed E-state index contributed by atoms with van der Waals surface area (Å²) in [4.78, 5) is 12.2. The molecule has 0 spiro atoms. The van der Waals surface area contributed by atoms with Crippen molar-refractivity contribution in [3.05, 3.63) is 53.6 Å². The molecule has 2 aromatic carbocycles. The van der Waals surface area contributed by atoms with E-state index in [1.165, 1.54) is 4.31 Å². The molecule has 1 N–H and O–H groups in total. The molecule has 0 saturated heterocycles. The Labute approximate surface area is 171 Å². The van der Waals surface area contributed by atoms with E-state index in [1.807, 2.05) is 19.9 Å². The zero-order chi connectivity index (χ0) is 20.7. The molecule has 0 aromatic heterocycles. The lowest BCUT2D eigenvalue weighted by atomic mass is 10.2. The van der Waals surface area contributed by atoms with Gasteiger partial charge in [-0.05, 0) is 56.7 Å². The van der Waals surface area contributed by atoms with E-state index >= 15 is 0 Å². The molecule has 0 unspecified atom stereocenters. The molecular weight excluding hydrogens is 400 g/mol. The quantitative estimate of drug-likeness (QED) is 0.650. The molecule has 0 atom stereocenters. The molecule has 0 radical (unpaired) electrons. The van der Waals surface area contributed by atoms with Crippen LogP contribution in [0.5, 0.6) is 5.75 Å². The van der Waals surface area contributed by atoms with Gasteiger partial charge in [-0.25, -0.2) is 8.42 Å². The van der Waals surface area contributed by atoms with Gasteiger partial charge in [0.1, 0.15) is 5.75 Å². The second kappa shape index (κ2) is 9.80. The lowest BCUT2D eigenvalue weighted by Gasteiger charge is -2.22. The average Bonchev–Trinajstić information content (AvgIpc) is 2.58. The highest BCUT2D eigenvalue weighted by atomic mass is 35.5. The zero-order valence-electron chi connectivity index (χ0n) is 16.2. The van der Waals surface area contributed by atoms with Crippen molar-refractivity contribution in [1.29, 1.82) is 0 Å². The topological polar surface area (TPSA) is 75.7 Å². The number of halogens is 1. The van der Waals surface area contributed by atoms with Crippen molar-refractivity contribution < 1.29 is 17.9 Å². The van der Waals surface area contributed by atoms with Gasteiger partial charge in [0.05, 0.1) is 18.0 Å². The van der Waals surface area contributed by atoms with Gasteiger partial charge in [0, 0.05) is 29.7 Å². The van der Waals surface area contributed by atoms with Gasteiger partial charge in [0.15, 0.2) is 0 Å². The summed E-state index contributed by atoms with van der Waals surface area (Å²) >= 11 is 5.86. The Morgan fingerprint density at radius 1 is 1.18 bits per heavy atom. The first-order valence-electron chi connectivity index (χ1n) is 8.95. The summed E-state index contributed by atoms with van der Waals surface area (Å²) in [6, 6.07) is 13.7. The highest BCUT2D eigenvalue weighted by molar-refractivity contribution is 7.92. The number of sulfonamides is 1. The average molecular weight is 425 g/mol. The molecule has 0 aliphatic carbocycles. The third-order valence-electron chi connectivity index (χ3n) is 3.77. The fraction of sp³-hybridized carbons (Fsp3) is 0.350. The van der Waals surface area contributed by atoms with Crippen LogP contribution in [0.15, 0.2) is 48.5 Å². The predicted molar refractivity (Wildman–Crippen MR) is 114 cm³/mol. The van der Waals surface area contributed by atoms with Crippen LogP contribution in [0.4, 0.5) is 11.4 Å². The predicted octanol–water partition coefficient (Wildman–Crippen LogP) is 4.31. The van der Waals surface area contributed by atoms with Crippen LogP contribution in [0.25, 0.3) is 0 Å². The van der Waals surface area contributed by atoms with Gasteiger partial charge in [-0.15, -0.1) is 0 Å². The monoisotopic (exact) mass is 424 g/mol. The number of hydrogen-bond acceptors (Lipinski definition) is 4. The number of carbonyl (C=O) groups is 1. The van der Waals surface area contributed by atoms with E-state index in [0.717, 1.165) is 6.26 Å². The number of carbonyl (C=O) groups excluding carboxylic acids is 1. The van der Waals surface area contributed by atoms with Crippen molar-refractivity contribution in [2.24, 2.45) is 0 Å². The Bertz CT molecular complexity index is 899. The van der Waals surface area contributed by atoms with Crippen LogP contribution in [0.2, 0.25) is 5.02 Å². The van der Waals surface area contributed by atoms with Crippen LogP contribution in [0.1, 0.15) is 26.7 Å². The number of ether oxygens (including phenoxy) is 1. The lowest BCUT2D eigenvalue weighted by molar-refractivity contribution is -0.116. The molecule has 2 aromatic rings. The standard InChI is InChI=1S/C20H25ClN2O4S/c1-15(2)27-19-7-4-6-17(14-19)22-20(24)8-5-13-23(28(3,25)26)18-11-9-16(21)10-12-18/h4,6-7,9-12,14-15H,5,8,13H2,1-3H3,(H,22,24). The van der Waals surface area contributed by atoms with Crippen LogP contribution < -0.4 is 14.4 Å². The Kier molecular flexibility index (Phi) is 7.71. The maximum atomic E-state index is 12.2. The lowest BCUT2D eigenvalue weighted by Crippen LogP contribution is -2.31.